The topological polar surface area (TPSA) is 81.4 Å². The fourth-order valence-corrected chi connectivity index (χ4v) is 3.31. The lowest BCUT2D eigenvalue weighted by molar-refractivity contribution is 0.0495. The summed E-state index contributed by atoms with van der Waals surface area (Å²) >= 11 is 0. The third kappa shape index (κ3) is 2.69. The lowest BCUT2D eigenvalue weighted by Gasteiger charge is -2.44. The zero-order valence-electron chi connectivity index (χ0n) is 13.9. The molecule has 0 bridgehead atoms. The number of nitriles is 1. The summed E-state index contributed by atoms with van der Waals surface area (Å²) in [4.78, 5) is 22.4. The van der Waals surface area contributed by atoms with E-state index < -0.39 is 11.8 Å². The Hall–Kier alpha value is -3.27. The van der Waals surface area contributed by atoms with Crippen molar-refractivity contribution in [1.29, 1.82) is 5.26 Å². The molecular weight excluding hydrogens is 333 g/mol. The van der Waals surface area contributed by atoms with E-state index in [0.717, 1.165) is 11.3 Å². The van der Waals surface area contributed by atoms with Gasteiger partial charge in [-0.05, 0) is 18.2 Å². The summed E-state index contributed by atoms with van der Waals surface area (Å²) in [5.41, 5.74) is 1.32. The normalized spacial score (nSPS) is 23.8. The number of nitrogens with one attached hydrogen (secondary N) is 1. The standard InChI is InChI=1S/C19H16FN5O/c20-17-12-25(18(26)14-5-6-15(9-21)22-10-14)8-7-19(17)23-11-13-3-1-2-4-16(13)24-19/h1-6,10-11,17,24H,7-8,12H2/t17-,19+/m0/s1. The number of rotatable bonds is 1. The molecule has 4 rings (SSSR count). The molecule has 130 valence electrons. The van der Waals surface area contributed by atoms with Crippen molar-refractivity contribution in [2.75, 3.05) is 18.4 Å². The van der Waals surface area contributed by atoms with E-state index in [1.54, 1.807) is 12.3 Å². The van der Waals surface area contributed by atoms with Crippen molar-refractivity contribution in [2.45, 2.75) is 18.3 Å². The Morgan fingerprint density at radius 2 is 2.19 bits per heavy atom. The van der Waals surface area contributed by atoms with Crippen LogP contribution in [0.15, 0.2) is 47.6 Å². The van der Waals surface area contributed by atoms with Crippen molar-refractivity contribution in [3.8, 4) is 6.07 Å². The number of para-hydroxylation sites is 1. The molecule has 1 spiro atoms. The molecule has 0 radical (unpaired) electrons. The van der Waals surface area contributed by atoms with Crippen LogP contribution in [0.4, 0.5) is 10.1 Å². The average Bonchev–Trinajstić information content (AvgIpc) is 2.69. The Bertz CT molecular complexity index is 920. The highest BCUT2D eigenvalue weighted by Crippen LogP contribution is 2.35. The van der Waals surface area contributed by atoms with Gasteiger partial charge in [0.1, 0.15) is 11.8 Å². The van der Waals surface area contributed by atoms with Gasteiger partial charge in [-0.15, -0.1) is 0 Å². The number of benzene rings is 1. The van der Waals surface area contributed by atoms with Crippen molar-refractivity contribution in [3.63, 3.8) is 0 Å². The van der Waals surface area contributed by atoms with Gasteiger partial charge in [-0.2, -0.15) is 5.26 Å². The van der Waals surface area contributed by atoms with Gasteiger partial charge in [0.15, 0.2) is 11.8 Å². The second-order valence-corrected chi connectivity index (χ2v) is 6.41. The minimum atomic E-state index is -1.34. The maximum atomic E-state index is 15.0. The molecule has 2 aromatic rings. The minimum Gasteiger partial charge on any atom is -0.358 e. The van der Waals surface area contributed by atoms with Crippen LogP contribution in [0.3, 0.4) is 0 Å². The average molecular weight is 349 g/mol. The highest BCUT2D eigenvalue weighted by atomic mass is 19.1. The van der Waals surface area contributed by atoms with Crippen LogP contribution < -0.4 is 5.32 Å². The third-order valence-electron chi connectivity index (χ3n) is 4.82. The van der Waals surface area contributed by atoms with Gasteiger partial charge >= 0.3 is 0 Å². The summed E-state index contributed by atoms with van der Waals surface area (Å²) in [5.74, 6) is -0.292. The van der Waals surface area contributed by atoms with E-state index in [1.807, 2.05) is 30.3 Å². The maximum Gasteiger partial charge on any atom is 0.255 e. The Labute approximate surface area is 150 Å². The van der Waals surface area contributed by atoms with E-state index in [-0.39, 0.29) is 18.1 Å². The van der Waals surface area contributed by atoms with Crippen LogP contribution in [0.1, 0.15) is 28.0 Å². The Kier molecular flexibility index (Phi) is 3.88. The first-order valence-corrected chi connectivity index (χ1v) is 8.33. The van der Waals surface area contributed by atoms with Crippen LogP contribution >= 0.6 is 0 Å². The number of nitrogens with zero attached hydrogens (tertiary/aromatic N) is 4. The number of halogens is 1. The maximum absolute atomic E-state index is 15.0. The number of hydrogen-bond donors (Lipinski definition) is 1. The largest absolute Gasteiger partial charge is 0.358 e. The highest BCUT2D eigenvalue weighted by molar-refractivity contribution is 5.94. The van der Waals surface area contributed by atoms with Gasteiger partial charge in [-0.3, -0.25) is 9.79 Å². The second-order valence-electron chi connectivity index (χ2n) is 6.41. The fraction of sp³-hybridized carbons (Fsp3) is 0.263. The number of aliphatic imine (C=N–C) groups is 1. The molecule has 0 aliphatic carbocycles. The summed E-state index contributed by atoms with van der Waals surface area (Å²) in [5, 5.41) is 12.0. The van der Waals surface area contributed by atoms with Gasteiger partial charge in [0, 0.05) is 36.6 Å². The molecule has 1 fully saturated rings. The number of hydrogen-bond acceptors (Lipinski definition) is 5. The Balaban J connectivity index is 1.50. The fourth-order valence-electron chi connectivity index (χ4n) is 3.31. The molecule has 0 unspecified atom stereocenters. The smallest absolute Gasteiger partial charge is 0.255 e. The SMILES string of the molecule is N#Cc1ccc(C(=O)N2CC[C@]3(N=Cc4ccccc4N3)[C@@H](F)C2)cn1. The second kappa shape index (κ2) is 6.23. The van der Waals surface area contributed by atoms with Gasteiger partial charge in [-0.1, -0.05) is 18.2 Å². The van der Waals surface area contributed by atoms with Crippen LogP contribution in [-0.2, 0) is 0 Å². The molecule has 1 amide bonds. The molecule has 7 heteroatoms. The molecule has 2 aliphatic heterocycles. The van der Waals surface area contributed by atoms with Crippen LogP contribution in [0, 0.1) is 11.3 Å². The number of amides is 1. The first-order valence-electron chi connectivity index (χ1n) is 8.33. The van der Waals surface area contributed by atoms with Crippen molar-refractivity contribution >= 4 is 17.8 Å². The first-order chi connectivity index (χ1) is 12.6. The van der Waals surface area contributed by atoms with Gasteiger partial charge < -0.3 is 10.2 Å². The molecule has 2 atom stereocenters. The third-order valence-corrected chi connectivity index (χ3v) is 4.82. The van der Waals surface area contributed by atoms with Gasteiger partial charge in [0.2, 0.25) is 0 Å². The number of carbonyl (C=O) groups excluding carboxylic acids is 1. The van der Waals surface area contributed by atoms with E-state index in [2.05, 4.69) is 15.3 Å². The lowest BCUT2D eigenvalue weighted by atomic mass is 9.92. The summed E-state index contributed by atoms with van der Waals surface area (Å²) in [6.45, 7) is 0.330. The first kappa shape index (κ1) is 16.2. The molecular formula is C19H16FN5O. The van der Waals surface area contributed by atoms with Gasteiger partial charge in [0.25, 0.3) is 5.91 Å². The molecule has 26 heavy (non-hydrogen) atoms. The molecule has 3 heterocycles. The zero-order valence-corrected chi connectivity index (χ0v) is 13.9. The van der Waals surface area contributed by atoms with E-state index in [0.29, 0.717) is 18.5 Å². The molecule has 1 saturated heterocycles. The van der Waals surface area contributed by atoms with Crippen molar-refractivity contribution < 1.29 is 9.18 Å². The molecule has 1 aromatic carbocycles. The van der Waals surface area contributed by atoms with Crippen LogP contribution in [0.25, 0.3) is 0 Å². The van der Waals surface area contributed by atoms with E-state index in [4.69, 9.17) is 5.26 Å². The van der Waals surface area contributed by atoms with Crippen molar-refractivity contribution in [2.24, 2.45) is 4.99 Å². The zero-order chi connectivity index (χ0) is 18.1. The molecule has 1 N–H and O–H groups in total. The summed E-state index contributed by atoms with van der Waals surface area (Å²) in [7, 11) is 0. The number of alkyl halides is 1. The predicted molar refractivity (Wildman–Crippen MR) is 94.8 cm³/mol. The number of carbonyl (C=O) groups is 1. The monoisotopic (exact) mass is 349 g/mol. The Morgan fingerprint density at radius 3 is 2.92 bits per heavy atom. The van der Waals surface area contributed by atoms with Crippen LogP contribution in [0.2, 0.25) is 0 Å². The van der Waals surface area contributed by atoms with E-state index in [9.17, 15) is 4.79 Å². The number of anilines is 1. The van der Waals surface area contributed by atoms with Gasteiger partial charge in [0.05, 0.1) is 12.1 Å². The molecule has 0 saturated carbocycles. The molecule has 6 nitrogen and oxygen atoms in total. The minimum absolute atomic E-state index is 0.0503. The van der Waals surface area contributed by atoms with Gasteiger partial charge in [-0.25, -0.2) is 9.37 Å². The van der Waals surface area contributed by atoms with Crippen molar-refractivity contribution in [1.82, 2.24) is 9.88 Å². The number of aromatic nitrogens is 1. The number of piperidine rings is 1. The highest BCUT2D eigenvalue weighted by Gasteiger charge is 2.46. The number of pyridine rings is 1. The predicted octanol–water partition coefficient (Wildman–Crippen LogP) is 2.38. The molecule has 2 aliphatic rings. The van der Waals surface area contributed by atoms with Crippen LogP contribution in [0.5, 0.6) is 0 Å². The quantitative estimate of drug-likeness (QED) is 0.857. The van der Waals surface area contributed by atoms with E-state index >= 15 is 4.39 Å². The number of likely N-dealkylation sites (tertiary alicyclic amines) is 1. The van der Waals surface area contributed by atoms with Crippen molar-refractivity contribution in [3.05, 3.63) is 59.4 Å². The summed E-state index contributed by atoms with van der Waals surface area (Å²) < 4.78 is 15.0. The lowest BCUT2D eigenvalue weighted by Crippen LogP contribution is -2.58. The number of fused-ring (bicyclic) bond motifs is 1. The summed E-state index contributed by atoms with van der Waals surface area (Å²) in [6, 6.07) is 12.5. The molecule has 1 aromatic heterocycles. The summed E-state index contributed by atoms with van der Waals surface area (Å²) in [6.07, 6.45) is 2.08. The van der Waals surface area contributed by atoms with Crippen LogP contribution in [-0.4, -0.2) is 46.9 Å². The van der Waals surface area contributed by atoms with E-state index in [1.165, 1.54) is 17.2 Å². The Morgan fingerprint density at radius 1 is 1.35 bits per heavy atom.